The van der Waals surface area contributed by atoms with Crippen molar-refractivity contribution in [2.45, 2.75) is 40.6 Å². The Morgan fingerprint density at radius 3 is 1.81 bits per heavy atom. The Hall–Kier alpha value is -2.56. The maximum atomic E-state index is 12.9. The fourth-order valence-electron chi connectivity index (χ4n) is 3.36. The minimum atomic E-state index is -2.41. The highest BCUT2D eigenvalue weighted by molar-refractivity contribution is 6.76. The van der Waals surface area contributed by atoms with E-state index in [-0.39, 0.29) is 17.7 Å². The number of carbonyl (C=O) groups excluding carboxylic acids is 4. The van der Waals surface area contributed by atoms with Crippen molar-refractivity contribution in [2.24, 2.45) is 0 Å². The topological polar surface area (TPSA) is 117 Å². The van der Waals surface area contributed by atoms with Gasteiger partial charge in [0.05, 0.1) is 11.1 Å². The van der Waals surface area contributed by atoms with E-state index in [1.165, 1.54) is 31.2 Å². The van der Waals surface area contributed by atoms with Gasteiger partial charge in [-0.25, -0.2) is 9.59 Å². The molecule has 1 fully saturated rings. The third-order valence-electron chi connectivity index (χ3n) is 5.10. The van der Waals surface area contributed by atoms with Crippen LogP contribution in [-0.4, -0.2) is 64.1 Å². The molecule has 0 unspecified atom stereocenters. The Bertz CT molecular complexity index is 1110. The molecule has 0 bridgehead atoms. The van der Waals surface area contributed by atoms with Crippen LogP contribution < -0.4 is 5.32 Å². The van der Waals surface area contributed by atoms with Crippen molar-refractivity contribution < 1.29 is 38.1 Å². The van der Waals surface area contributed by atoms with Gasteiger partial charge < -0.3 is 24.3 Å². The van der Waals surface area contributed by atoms with Crippen LogP contribution in [-0.2, 0) is 28.5 Å². The number of hydrogen-bond donors (Lipinski definition) is 1. The Labute approximate surface area is 232 Å². The van der Waals surface area contributed by atoms with Gasteiger partial charge in [0.1, 0.15) is 18.1 Å². The van der Waals surface area contributed by atoms with Crippen molar-refractivity contribution in [3.63, 3.8) is 0 Å². The lowest BCUT2D eigenvalue weighted by Crippen LogP contribution is -2.65. The van der Waals surface area contributed by atoms with Crippen molar-refractivity contribution in [1.82, 2.24) is 5.32 Å². The van der Waals surface area contributed by atoms with Crippen LogP contribution in [0.25, 0.3) is 0 Å². The quantitative estimate of drug-likeness (QED) is 0.293. The standard InChI is InChI=1S/C24H21Cl4NO8/c1-13(30)34-12-16-17(25)18(36-21(31)14-8-4-2-5-9-14)19(20(35-16)29-23(33)24(26,27)28)37-22(32)15-10-6-3-7-11-15/h2-11,16-20H,12H2,1H3,(H,29,33)/t16-,17+,18+,19-,20+/m1/s1. The Balaban J connectivity index is 1.97. The number of ether oxygens (including phenoxy) is 4. The number of hydrogen-bond acceptors (Lipinski definition) is 8. The molecule has 0 radical (unpaired) electrons. The molecule has 1 N–H and O–H groups in total. The van der Waals surface area contributed by atoms with Gasteiger partial charge in [-0.05, 0) is 24.3 Å². The third kappa shape index (κ3) is 7.96. The number of nitrogens with one attached hydrogen (secondary N) is 1. The van der Waals surface area contributed by atoms with E-state index in [1.807, 2.05) is 0 Å². The van der Waals surface area contributed by atoms with Crippen LogP contribution in [0.2, 0.25) is 0 Å². The molecule has 13 heteroatoms. The predicted molar refractivity (Wildman–Crippen MR) is 135 cm³/mol. The summed E-state index contributed by atoms with van der Waals surface area (Å²) in [6.45, 7) is 0.800. The van der Waals surface area contributed by atoms with Crippen molar-refractivity contribution in [3.8, 4) is 0 Å². The van der Waals surface area contributed by atoms with Crippen molar-refractivity contribution >= 4 is 70.2 Å². The second-order valence-electron chi connectivity index (χ2n) is 7.79. The van der Waals surface area contributed by atoms with E-state index >= 15 is 0 Å². The molecule has 3 rings (SSSR count). The fourth-order valence-corrected chi connectivity index (χ4v) is 3.85. The minimum Gasteiger partial charge on any atom is -0.463 e. The zero-order chi connectivity index (χ0) is 27.2. The van der Waals surface area contributed by atoms with Gasteiger partial charge in [0.25, 0.3) is 9.70 Å². The molecule has 9 nitrogen and oxygen atoms in total. The van der Waals surface area contributed by atoms with Crippen LogP contribution >= 0.6 is 46.4 Å². The van der Waals surface area contributed by atoms with E-state index in [9.17, 15) is 19.2 Å². The van der Waals surface area contributed by atoms with E-state index in [2.05, 4.69) is 5.32 Å². The Morgan fingerprint density at radius 1 is 0.865 bits per heavy atom. The predicted octanol–water partition coefficient (Wildman–Crippen LogP) is 3.82. The molecule has 1 aliphatic heterocycles. The average molecular weight is 593 g/mol. The van der Waals surface area contributed by atoms with Gasteiger partial charge >= 0.3 is 17.9 Å². The van der Waals surface area contributed by atoms with Crippen LogP contribution in [0.5, 0.6) is 0 Å². The molecular formula is C24H21Cl4NO8. The number of amides is 1. The summed E-state index contributed by atoms with van der Waals surface area (Å²) in [7, 11) is 0. The third-order valence-corrected chi connectivity index (χ3v) is 6.14. The van der Waals surface area contributed by atoms with Gasteiger partial charge in [-0.2, -0.15) is 0 Å². The summed E-state index contributed by atoms with van der Waals surface area (Å²) in [5.41, 5.74) is 0.347. The second kappa shape index (κ2) is 12.8. The van der Waals surface area contributed by atoms with E-state index in [1.54, 1.807) is 36.4 Å². The molecule has 0 saturated carbocycles. The maximum absolute atomic E-state index is 12.9. The van der Waals surface area contributed by atoms with E-state index in [4.69, 9.17) is 65.4 Å². The van der Waals surface area contributed by atoms with Gasteiger partial charge in [-0.3, -0.25) is 9.59 Å². The monoisotopic (exact) mass is 591 g/mol. The number of carbonyl (C=O) groups is 4. The highest BCUT2D eigenvalue weighted by Gasteiger charge is 2.51. The summed E-state index contributed by atoms with van der Waals surface area (Å²) in [6, 6.07) is 15.9. The van der Waals surface area contributed by atoms with Crippen LogP contribution in [0, 0.1) is 0 Å². The van der Waals surface area contributed by atoms with Crippen LogP contribution in [0.4, 0.5) is 0 Å². The smallest absolute Gasteiger partial charge is 0.338 e. The number of benzene rings is 2. The average Bonchev–Trinajstić information content (AvgIpc) is 2.87. The van der Waals surface area contributed by atoms with Crippen molar-refractivity contribution in [1.29, 1.82) is 0 Å². The normalized spacial score (nSPS) is 23.4. The molecule has 1 amide bonds. The lowest BCUT2D eigenvalue weighted by molar-refractivity contribution is -0.193. The summed E-state index contributed by atoms with van der Waals surface area (Å²) in [5.74, 6) is -3.37. The lowest BCUT2D eigenvalue weighted by Gasteiger charge is -2.43. The Morgan fingerprint density at radius 2 is 1.35 bits per heavy atom. The molecule has 0 aromatic heterocycles. The van der Waals surface area contributed by atoms with Gasteiger partial charge in [0.15, 0.2) is 18.4 Å². The molecule has 198 valence electrons. The summed E-state index contributed by atoms with van der Waals surface area (Å²) in [6.07, 6.45) is -5.52. The number of esters is 3. The molecule has 5 atom stereocenters. The van der Waals surface area contributed by atoms with Gasteiger partial charge in [0, 0.05) is 6.92 Å². The summed E-state index contributed by atoms with van der Waals surface area (Å²) in [5, 5.41) is 1.13. The van der Waals surface area contributed by atoms with Crippen LogP contribution in [0.1, 0.15) is 27.6 Å². The molecule has 2 aromatic carbocycles. The number of rotatable bonds is 7. The van der Waals surface area contributed by atoms with Gasteiger partial charge in [0.2, 0.25) is 0 Å². The highest BCUT2D eigenvalue weighted by Crippen LogP contribution is 2.32. The summed E-state index contributed by atoms with van der Waals surface area (Å²) < 4.78 is 19.7. The van der Waals surface area contributed by atoms with E-state index in [0.29, 0.717) is 0 Å². The van der Waals surface area contributed by atoms with Crippen molar-refractivity contribution in [2.75, 3.05) is 6.61 Å². The fraction of sp³-hybridized carbons (Fsp3) is 0.333. The summed E-state index contributed by atoms with van der Waals surface area (Å²) >= 11 is 23.7. The molecule has 0 spiro atoms. The molecular weight excluding hydrogens is 572 g/mol. The largest absolute Gasteiger partial charge is 0.463 e. The number of alkyl halides is 4. The molecule has 1 saturated heterocycles. The molecule has 2 aromatic rings. The first-order valence-electron chi connectivity index (χ1n) is 10.8. The first-order chi connectivity index (χ1) is 17.5. The molecule has 1 heterocycles. The van der Waals surface area contributed by atoms with Crippen LogP contribution in [0.15, 0.2) is 60.7 Å². The first-order valence-corrected chi connectivity index (χ1v) is 12.4. The molecule has 0 aliphatic carbocycles. The van der Waals surface area contributed by atoms with Crippen LogP contribution in [0.3, 0.4) is 0 Å². The summed E-state index contributed by atoms with van der Waals surface area (Å²) in [4.78, 5) is 49.7. The molecule has 1 aliphatic rings. The maximum Gasteiger partial charge on any atom is 0.338 e. The minimum absolute atomic E-state index is 0.162. The zero-order valence-electron chi connectivity index (χ0n) is 19.1. The van der Waals surface area contributed by atoms with Crippen molar-refractivity contribution in [3.05, 3.63) is 71.8 Å². The molecule has 37 heavy (non-hydrogen) atoms. The first kappa shape index (κ1) is 29.0. The highest BCUT2D eigenvalue weighted by atomic mass is 35.6. The van der Waals surface area contributed by atoms with Gasteiger partial charge in [-0.1, -0.05) is 71.2 Å². The van der Waals surface area contributed by atoms with E-state index in [0.717, 1.165) is 0 Å². The SMILES string of the molecule is CC(=O)OC[C@H]1O[C@H](NC(=O)C(Cl)(Cl)Cl)[C@H](OC(=O)c2ccccc2)[C@@H](OC(=O)c2ccccc2)[C@H]1Cl. The number of halogens is 4. The lowest BCUT2D eigenvalue weighted by atomic mass is 9.99. The Kier molecular flexibility index (Phi) is 10.0. The van der Waals surface area contributed by atoms with E-state index < -0.39 is 57.5 Å². The van der Waals surface area contributed by atoms with Gasteiger partial charge in [-0.15, -0.1) is 11.6 Å². The zero-order valence-corrected chi connectivity index (χ0v) is 22.2. The second-order valence-corrected chi connectivity index (χ2v) is 10.6.